The van der Waals surface area contributed by atoms with Crippen LogP contribution in [0.25, 0.3) is 0 Å². The number of hydrogen-bond acceptors (Lipinski definition) is 4. The quantitative estimate of drug-likeness (QED) is 0.787. The van der Waals surface area contributed by atoms with Crippen molar-refractivity contribution in [3.63, 3.8) is 0 Å². The summed E-state index contributed by atoms with van der Waals surface area (Å²) in [6.45, 7) is 2.06. The predicted octanol–water partition coefficient (Wildman–Crippen LogP) is 2.72. The lowest BCUT2D eigenvalue weighted by atomic mass is 10.1. The van der Waals surface area contributed by atoms with Gasteiger partial charge in [0.1, 0.15) is 5.92 Å². The summed E-state index contributed by atoms with van der Waals surface area (Å²) in [6.07, 6.45) is 0. The van der Waals surface area contributed by atoms with Crippen LogP contribution >= 0.6 is 11.8 Å². The van der Waals surface area contributed by atoms with Gasteiger partial charge in [-0.05, 0) is 12.5 Å². The number of methoxy groups -OCH3 is 1. The molecule has 1 aromatic carbocycles. The molecule has 1 fully saturated rings. The number of ether oxygens (including phenoxy) is 1. The van der Waals surface area contributed by atoms with Gasteiger partial charge in [0, 0.05) is 17.2 Å². The molecular formula is C14H17NO2S. The van der Waals surface area contributed by atoms with Gasteiger partial charge >= 0.3 is 5.97 Å². The van der Waals surface area contributed by atoms with Crippen LogP contribution in [0.5, 0.6) is 0 Å². The summed E-state index contributed by atoms with van der Waals surface area (Å²) in [5.41, 5.74) is 2.13. The van der Waals surface area contributed by atoms with E-state index in [9.17, 15) is 4.79 Å². The van der Waals surface area contributed by atoms with E-state index >= 15 is 0 Å². The fourth-order valence-corrected chi connectivity index (χ4v) is 3.17. The van der Waals surface area contributed by atoms with Gasteiger partial charge in [-0.2, -0.15) is 11.8 Å². The Morgan fingerprint density at radius 1 is 1.44 bits per heavy atom. The molecule has 0 spiro atoms. The van der Waals surface area contributed by atoms with Crippen molar-refractivity contribution in [2.45, 2.75) is 13.0 Å². The lowest BCUT2D eigenvalue weighted by Gasteiger charge is -2.11. The highest BCUT2D eigenvalue weighted by molar-refractivity contribution is 8.00. The first-order chi connectivity index (χ1) is 8.72. The Hall–Kier alpha value is -1.29. The average molecular weight is 263 g/mol. The molecule has 0 aliphatic carbocycles. The SMILES string of the molecule is COC(=O)C1CSCC1=N[C@H](C)c1ccccc1. The molecule has 0 radical (unpaired) electrons. The Balaban J connectivity index is 2.15. The molecule has 1 aromatic rings. The Morgan fingerprint density at radius 3 is 2.83 bits per heavy atom. The van der Waals surface area contributed by atoms with Crippen molar-refractivity contribution < 1.29 is 9.53 Å². The summed E-state index contributed by atoms with van der Waals surface area (Å²) in [4.78, 5) is 16.3. The van der Waals surface area contributed by atoms with Gasteiger partial charge in [0.2, 0.25) is 0 Å². The second-order valence-electron chi connectivity index (χ2n) is 4.30. The summed E-state index contributed by atoms with van der Waals surface area (Å²) in [5, 5.41) is 0. The number of nitrogens with zero attached hydrogens (tertiary/aromatic N) is 1. The molecule has 1 aliphatic rings. The third-order valence-electron chi connectivity index (χ3n) is 3.06. The van der Waals surface area contributed by atoms with Crippen LogP contribution in [0.3, 0.4) is 0 Å². The van der Waals surface area contributed by atoms with Crippen LogP contribution in [0.1, 0.15) is 18.5 Å². The maximum atomic E-state index is 11.6. The van der Waals surface area contributed by atoms with Gasteiger partial charge < -0.3 is 4.74 Å². The highest BCUT2D eigenvalue weighted by atomic mass is 32.2. The topological polar surface area (TPSA) is 38.7 Å². The third-order valence-corrected chi connectivity index (χ3v) is 4.13. The summed E-state index contributed by atoms with van der Waals surface area (Å²) >= 11 is 1.74. The largest absolute Gasteiger partial charge is 0.468 e. The molecule has 96 valence electrons. The first-order valence-corrected chi connectivity index (χ1v) is 7.15. The number of rotatable bonds is 3. The van der Waals surface area contributed by atoms with E-state index in [-0.39, 0.29) is 17.9 Å². The molecule has 0 aromatic heterocycles. The molecule has 3 nitrogen and oxygen atoms in total. The molecule has 1 heterocycles. The number of benzene rings is 1. The van der Waals surface area contributed by atoms with Crippen LogP contribution in [-0.4, -0.2) is 30.3 Å². The number of thioether (sulfide) groups is 1. The fraction of sp³-hybridized carbons (Fsp3) is 0.429. The third kappa shape index (κ3) is 2.93. The summed E-state index contributed by atoms with van der Waals surface area (Å²) < 4.78 is 4.82. The van der Waals surface area contributed by atoms with Gasteiger partial charge in [-0.1, -0.05) is 30.3 Å². The lowest BCUT2D eigenvalue weighted by Crippen LogP contribution is -2.24. The molecule has 0 saturated carbocycles. The molecule has 18 heavy (non-hydrogen) atoms. The zero-order valence-corrected chi connectivity index (χ0v) is 11.4. The molecule has 0 amide bonds. The van der Waals surface area contributed by atoms with E-state index in [2.05, 4.69) is 19.1 Å². The Labute approximate surface area is 112 Å². The van der Waals surface area contributed by atoms with Gasteiger partial charge in [0.15, 0.2) is 0 Å². The van der Waals surface area contributed by atoms with E-state index in [0.29, 0.717) is 0 Å². The highest BCUT2D eigenvalue weighted by Crippen LogP contribution is 2.26. The molecule has 2 rings (SSSR count). The van der Waals surface area contributed by atoms with E-state index in [4.69, 9.17) is 9.73 Å². The van der Waals surface area contributed by atoms with Crippen molar-refractivity contribution in [3.05, 3.63) is 35.9 Å². The van der Waals surface area contributed by atoms with Gasteiger partial charge in [0.25, 0.3) is 0 Å². The molecule has 0 bridgehead atoms. The summed E-state index contributed by atoms with van der Waals surface area (Å²) in [5.74, 6) is 1.29. The predicted molar refractivity (Wildman–Crippen MR) is 75.1 cm³/mol. The number of aliphatic imine (C=N–C) groups is 1. The molecule has 0 N–H and O–H groups in total. The zero-order valence-electron chi connectivity index (χ0n) is 10.6. The summed E-state index contributed by atoms with van der Waals surface area (Å²) in [7, 11) is 1.43. The molecule has 1 saturated heterocycles. The Bertz CT molecular complexity index is 444. The van der Waals surface area contributed by atoms with Gasteiger partial charge in [-0.15, -0.1) is 0 Å². The average Bonchev–Trinajstić information content (AvgIpc) is 2.87. The van der Waals surface area contributed by atoms with Crippen LogP contribution in [0.4, 0.5) is 0 Å². The second-order valence-corrected chi connectivity index (χ2v) is 5.33. The monoisotopic (exact) mass is 263 g/mol. The van der Waals surface area contributed by atoms with E-state index < -0.39 is 0 Å². The molecule has 1 unspecified atom stereocenters. The van der Waals surface area contributed by atoms with Crippen molar-refractivity contribution in [3.8, 4) is 0 Å². The van der Waals surface area contributed by atoms with Gasteiger partial charge in [-0.25, -0.2) is 0 Å². The van der Waals surface area contributed by atoms with Crippen LogP contribution < -0.4 is 0 Å². The smallest absolute Gasteiger partial charge is 0.315 e. The van der Waals surface area contributed by atoms with Gasteiger partial charge in [-0.3, -0.25) is 9.79 Å². The number of hydrogen-bond donors (Lipinski definition) is 0. The fourth-order valence-electron chi connectivity index (χ4n) is 2.01. The Kier molecular flexibility index (Phi) is 4.42. The normalized spacial score (nSPS) is 23.0. The van der Waals surface area contributed by atoms with Crippen LogP contribution in [0.2, 0.25) is 0 Å². The minimum absolute atomic E-state index is 0.0899. The number of esters is 1. The lowest BCUT2D eigenvalue weighted by molar-refractivity contribution is -0.142. The molecule has 1 aliphatic heterocycles. The van der Waals surface area contributed by atoms with Crippen molar-refractivity contribution in [1.82, 2.24) is 0 Å². The highest BCUT2D eigenvalue weighted by Gasteiger charge is 2.30. The van der Waals surface area contributed by atoms with E-state index in [0.717, 1.165) is 17.2 Å². The minimum Gasteiger partial charge on any atom is -0.468 e. The van der Waals surface area contributed by atoms with Crippen molar-refractivity contribution in [2.24, 2.45) is 10.9 Å². The second kappa shape index (κ2) is 6.05. The van der Waals surface area contributed by atoms with Crippen molar-refractivity contribution in [1.29, 1.82) is 0 Å². The molecule has 4 heteroatoms. The van der Waals surface area contributed by atoms with Crippen LogP contribution in [-0.2, 0) is 9.53 Å². The van der Waals surface area contributed by atoms with Crippen molar-refractivity contribution in [2.75, 3.05) is 18.6 Å². The molecular weight excluding hydrogens is 246 g/mol. The van der Waals surface area contributed by atoms with E-state index in [1.54, 1.807) is 11.8 Å². The minimum atomic E-state index is -0.168. The first-order valence-electron chi connectivity index (χ1n) is 5.99. The number of carbonyl (C=O) groups is 1. The summed E-state index contributed by atoms with van der Waals surface area (Å²) in [6, 6.07) is 10.2. The maximum Gasteiger partial charge on any atom is 0.315 e. The van der Waals surface area contributed by atoms with E-state index in [1.165, 1.54) is 12.7 Å². The standard InChI is InChI=1S/C14H17NO2S/c1-10(11-6-4-3-5-7-11)15-13-9-18-8-12(13)14(16)17-2/h3-7,10,12H,8-9H2,1-2H3/t10-,12?/m1/s1. The zero-order chi connectivity index (χ0) is 13.0. The van der Waals surface area contributed by atoms with Crippen molar-refractivity contribution >= 4 is 23.4 Å². The maximum absolute atomic E-state index is 11.6. The van der Waals surface area contributed by atoms with Crippen LogP contribution in [0.15, 0.2) is 35.3 Å². The first kappa shape index (κ1) is 13.1. The molecule has 2 atom stereocenters. The van der Waals surface area contributed by atoms with E-state index in [1.807, 2.05) is 18.2 Å². The Morgan fingerprint density at radius 2 is 2.17 bits per heavy atom. The number of carbonyl (C=O) groups excluding carboxylic acids is 1. The van der Waals surface area contributed by atoms with Crippen LogP contribution in [0, 0.1) is 5.92 Å². The van der Waals surface area contributed by atoms with Gasteiger partial charge in [0.05, 0.1) is 13.2 Å².